The van der Waals surface area contributed by atoms with Crippen molar-refractivity contribution >= 4 is 22.9 Å². The van der Waals surface area contributed by atoms with Crippen molar-refractivity contribution in [3.05, 3.63) is 70.9 Å². The number of nitrogens with one attached hydrogen (secondary N) is 2. The number of ether oxygens (including phenoxy) is 1. The quantitative estimate of drug-likeness (QED) is 0.641. The molecule has 1 heterocycles. The lowest BCUT2D eigenvalue weighted by molar-refractivity contribution is -0.116. The minimum absolute atomic E-state index is 0.160. The Morgan fingerprint density at radius 2 is 1.85 bits per heavy atom. The van der Waals surface area contributed by atoms with Gasteiger partial charge in [0.05, 0.1) is 12.6 Å². The number of aryl methyl sites for hydroxylation is 1. The van der Waals surface area contributed by atoms with Gasteiger partial charge in [0.15, 0.2) is 0 Å². The summed E-state index contributed by atoms with van der Waals surface area (Å²) in [5, 5.41) is 3.01. The summed E-state index contributed by atoms with van der Waals surface area (Å²) in [4.78, 5) is 14.9. The van der Waals surface area contributed by atoms with Crippen molar-refractivity contribution < 1.29 is 18.3 Å². The smallest absolute Gasteiger partial charge is 0.244 e. The van der Waals surface area contributed by atoms with Gasteiger partial charge in [-0.15, -0.1) is 0 Å². The zero-order valence-electron chi connectivity index (χ0n) is 15.1. The standard InChI is InChI=1S/C21H20F2N2O2/c1-13-16(20-17(22)8-9-18(23)21(20)25-13)11-12-24-19(26)10-5-14-3-6-15(27-2)7-4-14/h3-10,25H,11-12H2,1-2H3,(H,24,26)/b10-5+. The van der Waals surface area contributed by atoms with E-state index in [1.807, 2.05) is 24.3 Å². The van der Waals surface area contributed by atoms with Gasteiger partial charge in [-0.3, -0.25) is 4.79 Å². The van der Waals surface area contributed by atoms with Crippen LogP contribution in [0.25, 0.3) is 17.0 Å². The van der Waals surface area contributed by atoms with E-state index in [4.69, 9.17) is 4.74 Å². The predicted octanol–water partition coefficient (Wildman–Crippen LogP) is 4.14. The average molecular weight is 370 g/mol. The highest BCUT2D eigenvalue weighted by Gasteiger charge is 2.15. The van der Waals surface area contributed by atoms with Crippen molar-refractivity contribution in [1.82, 2.24) is 10.3 Å². The molecule has 6 heteroatoms. The fourth-order valence-corrected chi connectivity index (χ4v) is 2.99. The lowest BCUT2D eigenvalue weighted by atomic mass is 10.1. The van der Waals surface area contributed by atoms with Gasteiger partial charge in [-0.05, 0) is 54.8 Å². The molecule has 0 unspecified atom stereocenters. The first-order chi connectivity index (χ1) is 13.0. The Balaban J connectivity index is 1.62. The molecule has 0 atom stereocenters. The number of fused-ring (bicyclic) bond motifs is 1. The zero-order chi connectivity index (χ0) is 19.4. The molecule has 0 aliphatic rings. The summed E-state index contributed by atoms with van der Waals surface area (Å²) in [6.45, 7) is 2.08. The summed E-state index contributed by atoms with van der Waals surface area (Å²) in [5.41, 5.74) is 2.39. The Bertz CT molecular complexity index is 992. The number of benzene rings is 2. The van der Waals surface area contributed by atoms with Crippen LogP contribution in [0.15, 0.2) is 42.5 Å². The van der Waals surface area contributed by atoms with Gasteiger partial charge in [-0.2, -0.15) is 0 Å². The van der Waals surface area contributed by atoms with Crippen LogP contribution in [0.1, 0.15) is 16.8 Å². The van der Waals surface area contributed by atoms with Gasteiger partial charge in [-0.25, -0.2) is 8.78 Å². The highest BCUT2D eigenvalue weighted by Crippen LogP contribution is 2.27. The minimum Gasteiger partial charge on any atom is -0.497 e. The Hall–Kier alpha value is -3.15. The van der Waals surface area contributed by atoms with E-state index in [1.54, 1.807) is 20.1 Å². The first-order valence-electron chi connectivity index (χ1n) is 8.54. The molecule has 3 rings (SSSR count). The summed E-state index contributed by atoms with van der Waals surface area (Å²) in [5.74, 6) is -0.479. The highest BCUT2D eigenvalue weighted by atomic mass is 19.1. The molecule has 27 heavy (non-hydrogen) atoms. The topological polar surface area (TPSA) is 54.1 Å². The van der Waals surface area contributed by atoms with E-state index in [-0.39, 0.29) is 16.8 Å². The Morgan fingerprint density at radius 1 is 1.15 bits per heavy atom. The summed E-state index contributed by atoms with van der Waals surface area (Å²) in [6, 6.07) is 9.52. The summed E-state index contributed by atoms with van der Waals surface area (Å²) in [6.07, 6.45) is 3.53. The number of methoxy groups -OCH3 is 1. The third kappa shape index (κ3) is 4.16. The molecule has 4 nitrogen and oxygen atoms in total. The van der Waals surface area contributed by atoms with Crippen LogP contribution in [0.3, 0.4) is 0 Å². The maximum Gasteiger partial charge on any atom is 0.244 e. The molecule has 140 valence electrons. The van der Waals surface area contributed by atoms with Crippen molar-refractivity contribution in [3.8, 4) is 5.75 Å². The second-order valence-electron chi connectivity index (χ2n) is 6.16. The number of amides is 1. The molecule has 2 N–H and O–H groups in total. The number of hydrogen-bond donors (Lipinski definition) is 2. The van der Waals surface area contributed by atoms with Gasteiger partial charge in [0.25, 0.3) is 0 Å². The number of aromatic amines is 1. The molecular weight excluding hydrogens is 350 g/mol. The average Bonchev–Trinajstić information content (AvgIpc) is 3.01. The Labute approximate surface area is 155 Å². The number of aromatic nitrogens is 1. The lowest BCUT2D eigenvalue weighted by Gasteiger charge is -2.04. The van der Waals surface area contributed by atoms with Gasteiger partial charge in [0, 0.05) is 23.7 Å². The minimum atomic E-state index is -0.493. The molecule has 0 bridgehead atoms. The largest absolute Gasteiger partial charge is 0.497 e. The van der Waals surface area contributed by atoms with Crippen molar-refractivity contribution in [2.75, 3.05) is 13.7 Å². The number of hydrogen-bond acceptors (Lipinski definition) is 2. The second kappa shape index (κ2) is 8.03. The van der Waals surface area contributed by atoms with Crippen LogP contribution >= 0.6 is 0 Å². The van der Waals surface area contributed by atoms with Crippen molar-refractivity contribution in [2.24, 2.45) is 0 Å². The van der Waals surface area contributed by atoms with Crippen LogP contribution in [0.5, 0.6) is 5.75 Å². The molecule has 1 aromatic heterocycles. The number of carbonyl (C=O) groups excluding carboxylic acids is 1. The molecule has 0 saturated carbocycles. The van der Waals surface area contributed by atoms with E-state index >= 15 is 0 Å². The van der Waals surface area contributed by atoms with Gasteiger partial charge >= 0.3 is 0 Å². The SMILES string of the molecule is COc1ccc(/C=C/C(=O)NCCc2c(C)[nH]c3c(F)ccc(F)c23)cc1. The van der Waals surface area contributed by atoms with Gasteiger partial charge in [-0.1, -0.05) is 12.1 Å². The molecule has 0 saturated heterocycles. The molecule has 0 aliphatic heterocycles. The zero-order valence-corrected chi connectivity index (χ0v) is 15.1. The maximum atomic E-state index is 14.1. The van der Waals surface area contributed by atoms with Crippen molar-refractivity contribution in [1.29, 1.82) is 0 Å². The Kier molecular flexibility index (Phi) is 5.54. The fraction of sp³-hybridized carbons (Fsp3) is 0.190. The number of H-pyrrole nitrogens is 1. The first-order valence-corrected chi connectivity index (χ1v) is 8.54. The van der Waals surface area contributed by atoms with Gasteiger partial charge in [0.1, 0.15) is 17.4 Å². The number of rotatable bonds is 6. The molecular formula is C21H20F2N2O2. The summed E-state index contributed by atoms with van der Waals surface area (Å²) >= 11 is 0. The second-order valence-corrected chi connectivity index (χ2v) is 6.16. The Morgan fingerprint density at radius 3 is 2.56 bits per heavy atom. The molecule has 0 aliphatic carbocycles. The summed E-state index contributed by atoms with van der Waals surface area (Å²) in [7, 11) is 1.59. The molecule has 1 amide bonds. The molecule has 0 radical (unpaired) electrons. The molecule has 0 fully saturated rings. The van der Waals surface area contributed by atoms with E-state index in [0.29, 0.717) is 24.2 Å². The lowest BCUT2D eigenvalue weighted by Crippen LogP contribution is -2.23. The van der Waals surface area contributed by atoms with E-state index in [0.717, 1.165) is 23.4 Å². The molecule has 2 aromatic carbocycles. The van der Waals surface area contributed by atoms with Crippen LogP contribution in [0.4, 0.5) is 8.78 Å². The van der Waals surface area contributed by atoms with Crippen molar-refractivity contribution in [2.45, 2.75) is 13.3 Å². The van der Waals surface area contributed by atoms with Crippen LogP contribution in [-0.2, 0) is 11.2 Å². The van der Waals surface area contributed by atoms with E-state index in [1.165, 1.54) is 6.08 Å². The number of carbonyl (C=O) groups is 1. The fourth-order valence-electron chi connectivity index (χ4n) is 2.99. The van der Waals surface area contributed by atoms with Crippen LogP contribution in [0.2, 0.25) is 0 Å². The van der Waals surface area contributed by atoms with Gasteiger partial charge in [0.2, 0.25) is 5.91 Å². The van der Waals surface area contributed by atoms with Crippen LogP contribution < -0.4 is 10.1 Å². The molecule has 3 aromatic rings. The normalized spacial score (nSPS) is 11.3. The third-order valence-corrected chi connectivity index (χ3v) is 4.39. The van der Waals surface area contributed by atoms with Crippen LogP contribution in [-0.4, -0.2) is 24.5 Å². The molecule has 0 spiro atoms. The van der Waals surface area contributed by atoms with Gasteiger partial charge < -0.3 is 15.0 Å². The predicted molar refractivity (Wildman–Crippen MR) is 102 cm³/mol. The number of halogens is 2. The summed E-state index contributed by atoms with van der Waals surface area (Å²) < 4.78 is 33.0. The van der Waals surface area contributed by atoms with E-state index in [2.05, 4.69) is 10.3 Å². The highest BCUT2D eigenvalue weighted by molar-refractivity contribution is 5.91. The van der Waals surface area contributed by atoms with E-state index < -0.39 is 11.6 Å². The van der Waals surface area contributed by atoms with Crippen molar-refractivity contribution in [3.63, 3.8) is 0 Å². The third-order valence-electron chi connectivity index (χ3n) is 4.39. The monoisotopic (exact) mass is 370 g/mol. The van der Waals surface area contributed by atoms with E-state index in [9.17, 15) is 13.6 Å². The van der Waals surface area contributed by atoms with Crippen LogP contribution in [0, 0.1) is 18.6 Å². The first kappa shape index (κ1) is 18.6. The maximum absolute atomic E-state index is 14.1.